The standard InChI is InChI=1S/C56H62N8O9/c1-6-20-45(59-51(67)46-31-39(33-64(46)55(71)73-56(3,4)5)58-54(70)72-34-44-42-29-18-16-27-40(42)41-28-17-19-30-43(41)44)50(52(68)57-32-47(66)60-48(35(2)65)36-21-10-7-11-22-36)62-63-53(69)61-49(37-23-12-8-13-24-37)38-25-14-9-15-26-38/h7-19,21-30,39,44-46,48-49H,6,20,31-34H2,1-5H3,(H,57,68)(H,58,70)(H,59,67)(H,60,66)(H2,61,63,69)/t39-,45+,46?,48-/m1/s1. The van der Waals surface area contributed by atoms with Crippen molar-refractivity contribution < 1.29 is 43.0 Å². The number of nitrogens with zero attached hydrogens (tertiary/aromatic N) is 2. The van der Waals surface area contributed by atoms with E-state index < -0.39 is 78.3 Å². The van der Waals surface area contributed by atoms with Gasteiger partial charge in [0, 0.05) is 12.5 Å². The number of hydrogen-bond donors (Lipinski definition) is 6. The number of benzene rings is 5. The van der Waals surface area contributed by atoms with Gasteiger partial charge in [-0.15, -0.1) is 0 Å². The van der Waals surface area contributed by atoms with Crippen LogP contribution in [0.25, 0.3) is 11.1 Å². The molecule has 17 nitrogen and oxygen atoms in total. The van der Waals surface area contributed by atoms with Crippen LogP contribution in [0, 0.1) is 0 Å². The highest BCUT2D eigenvalue weighted by Gasteiger charge is 2.43. The monoisotopic (exact) mass is 990 g/mol. The van der Waals surface area contributed by atoms with Crippen molar-refractivity contribution in [3.63, 3.8) is 0 Å². The Morgan fingerprint density at radius 2 is 1.26 bits per heavy atom. The third kappa shape index (κ3) is 13.8. The van der Waals surface area contributed by atoms with Gasteiger partial charge in [-0.25, -0.2) is 19.8 Å². The SMILES string of the molecule is CCC[C@H](NC(=O)C1C[C@@H](NC(=O)OCC2c3ccccc3-c3ccccc32)CN1C(=O)OC(C)(C)C)C(=NNC(=O)NC(c1ccccc1)c1ccccc1)C(=O)NCC(=O)N[C@H](C(C)=O)c1ccccc1. The van der Waals surface area contributed by atoms with Gasteiger partial charge >= 0.3 is 18.2 Å². The fraction of sp³-hybridized carbons (Fsp3) is 0.321. The van der Waals surface area contributed by atoms with E-state index in [2.05, 4.69) is 37.1 Å². The Hall–Kier alpha value is -8.34. The highest BCUT2D eigenvalue weighted by Crippen LogP contribution is 2.44. The first-order valence-electron chi connectivity index (χ1n) is 24.4. The lowest BCUT2D eigenvalue weighted by molar-refractivity contribution is -0.127. The Balaban J connectivity index is 1.10. The molecule has 1 heterocycles. The number of urea groups is 1. The lowest BCUT2D eigenvalue weighted by Gasteiger charge is -2.29. The number of nitrogens with one attached hydrogen (secondary N) is 6. The number of carbonyl (C=O) groups is 7. The summed E-state index contributed by atoms with van der Waals surface area (Å²) in [5.74, 6) is -2.84. The molecule has 4 atom stereocenters. The van der Waals surface area contributed by atoms with Gasteiger partial charge in [-0.3, -0.25) is 24.1 Å². The van der Waals surface area contributed by atoms with Crippen LogP contribution in [0.4, 0.5) is 14.4 Å². The summed E-state index contributed by atoms with van der Waals surface area (Å²) in [6.45, 7) is 7.56. The highest BCUT2D eigenvalue weighted by molar-refractivity contribution is 6.41. The Labute approximate surface area is 424 Å². The van der Waals surface area contributed by atoms with Crippen molar-refractivity contribution in [2.75, 3.05) is 19.7 Å². The first-order valence-corrected chi connectivity index (χ1v) is 24.4. The summed E-state index contributed by atoms with van der Waals surface area (Å²) >= 11 is 0. The maximum Gasteiger partial charge on any atom is 0.411 e. The molecule has 0 spiro atoms. The third-order valence-corrected chi connectivity index (χ3v) is 12.4. The van der Waals surface area contributed by atoms with Crippen LogP contribution in [-0.4, -0.2) is 95.8 Å². The van der Waals surface area contributed by atoms with Gasteiger partial charge in [0.1, 0.15) is 30.0 Å². The van der Waals surface area contributed by atoms with E-state index in [0.717, 1.165) is 33.4 Å². The second-order valence-electron chi connectivity index (χ2n) is 18.9. The number of hydrazone groups is 1. The van der Waals surface area contributed by atoms with E-state index in [1.165, 1.54) is 11.8 Å². The number of amides is 7. The molecule has 73 heavy (non-hydrogen) atoms. The molecule has 1 aliphatic heterocycles. The van der Waals surface area contributed by atoms with Crippen LogP contribution in [0.1, 0.15) is 99.7 Å². The van der Waals surface area contributed by atoms with Crippen LogP contribution in [0.15, 0.2) is 145 Å². The molecule has 5 aromatic carbocycles. The molecule has 1 aliphatic carbocycles. The summed E-state index contributed by atoms with van der Waals surface area (Å²) in [5, 5.41) is 18.1. The molecule has 7 amide bonds. The second-order valence-corrected chi connectivity index (χ2v) is 18.9. The minimum Gasteiger partial charge on any atom is -0.449 e. The molecule has 0 bridgehead atoms. The maximum absolute atomic E-state index is 14.6. The number of likely N-dealkylation sites (tertiary alicyclic amines) is 1. The van der Waals surface area contributed by atoms with Gasteiger partial charge < -0.3 is 36.1 Å². The van der Waals surface area contributed by atoms with Crippen LogP contribution >= 0.6 is 0 Å². The lowest BCUT2D eigenvalue weighted by Crippen LogP contribution is -2.55. The van der Waals surface area contributed by atoms with E-state index in [4.69, 9.17) is 9.47 Å². The molecule has 0 aromatic heterocycles. The van der Waals surface area contributed by atoms with E-state index in [9.17, 15) is 33.6 Å². The smallest absolute Gasteiger partial charge is 0.411 e. The fourth-order valence-electron chi connectivity index (χ4n) is 9.09. The van der Waals surface area contributed by atoms with Crippen molar-refractivity contribution in [1.82, 2.24) is 36.9 Å². The zero-order valence-corrected chi connectivity index (χ0v) is 41.6. The zero-order valence-electron chi connectivity index (χ0n) is 41.6. The summed E-state index contributed by atoms with van der Waals surface area (Å²) in [7, 11) is 0. The normalized spacial score (nSPS) is 16.0. The summed E-state index contributed by atoms with van der Waals surface area (Å²) in [5.41, 5.74) is 7.43. The molecule has 2 aliphatic rings. The van der Waals surface area contributed by atoms with Crippen molar-refractivity contribution >= 4 is 47.4 Å². The van der Waals surface area contributed by atoms with Gasteiger partial charge in [0.05, 0.1) is 24.7 Å². The van der Waals surface area contributed by atoms with Crippen LogP contribution in [0.2, 0.25) is 0 Å². The quantitative estimate of drug-likeness (QED) is 0.0385. The fourth-order valence-corrected chi connectivity index (χ4v) is 9.09. The minimum atomic E-state index is -1.21. The predicted octanol–water partition coefficient (Wildman–Crippen LogP) is 7.20. The highest BCUT2D eigenvalue weighted by atomic mass is 16.6. The van der Waals surface area contributed by atoms with Gasteiger partial charge in [0.25, 0.3) is 5.91 Å². The summed E-state index contributed by atoms with van der Waals surface area (Å²) in [4.78, 5) is 97.1. The Bertz CT molecular complexity index is 2720. The van der Waals surface area contributed by atoms with Crippen LogP contribution in [-0.2, 0) is 28.7 Å². The molecule has 0 radical (unpaired) electrons. The molecule has 6 N–H and O–H groups in total. The molecule has 1 unspecified atom stereocenters. The molecule has 17 heteroatoms. The predicted molar refractivity (Wildman–Crippen MR) is 275 cm³/mol. The minimum absolute atomic E-state index is 0.0480. The molecule has 0 saturated carbocycles. The first kappa shape index (κ1) is 52.5. The number of fused-ring (bicyclic) bond motifs is 3. The Morgan fingerprint density at radius 1 is 0.712 bits per heavy atom. The van der Waals surface area contributed by atoms with Crippen LogP contribution < -0.4 is 32.0 Å². The van der Waals surface area contributed by atoms with Crippen molar-refractivity contribution in [2.45, 2.75) is 95.6 Å². The molecule has 7 rings (SSSR count). The van der Waals surface area contributed by atoms with Gasteiger partial charge in [-0.2, -0.15) is 5.10 Å². The Morgan fingerprint density at radius 3 is 1.81 bits per heavy atom. The van der Waals surface area contributed by atoms with Gasteiger partial charge in [0.2, 0.25) is 11.8 Å². The molecule has 5 aromatic rings. The maximum atomic E-state index is 14.6. The van der Waals surface area contributed by atoms with Crippen molar-refractivity contribution in [1.29, 1.82) is 0 Å². The van der Waals surface area contributed by atoms with E-state index >= 15 is 0 Å². The number of hydrogen-bond acceptors (Lipinski definition) is 10. The topological polar surface area (TPSA) is 226 Å². The Kier molecular flexibility index (Phi) is 17.4. The molecule has 1 fully saturated rings. The summed E-state index contributed by atoms with van der Waals surface area (Å²) in [6, 6.07) is 37.5. The largest absolute Gasteiger partial charge is 0.449 e. The first-order chi connectivity index (χ1) is 35.1. The van der Waals surface area contributed by atoms with Gasteiger partial charge in [-0.05, 0) is 79.5 Å². The number of Topliss-reactive ketones (excluding diaryl/α,β-unsaturated/α-hetero) is 1. The molecule has 1 saturated heterocycles. The van der Waals surface area contributed by atoms with Gasteiger partial charge in [-0.1, -0.05) is 153 Å². The average molecular weight is 991 g/mol. The molecular weight excluding hydrogens is 929 g/mol. The number of alkyl carbamates (subject to hydrolysis) is 1. The zero-order chi connectivity index (χ0) is 52.1. The van der Waals surface area contributed by atoms with E-state index in [1.54, 1.807) is 51.1 Å². The molecular formula is C56H62N8O9. The van der Waals surface area contributed by atoms with E-state index in [1.807, 2.05) is 116 Å². The number of rotatable bonds is 18. The number of ether oxygens (including phenoxy) is 2. The van der Waals surface area contributed by atoms with Crippen LogP contribution in [0.3, 0.4) is 0 Å². The summed E-state index contributed by atoms with van der Waals surface area (Å²) in [6.07, 6.45) is -1.07. The third-order valence-electron chi connectivity index (χ3n) is 12.4. The second kappa shape index (κ2) is 24.2. The van der Waals surface area contributed by atoms with Crippen molar-refractivity contribution in [2.24, 2.45) is 5.10 Å². The van der Waals surface area contributed by atoms with Crippen LogP contribution in [0.5, 0.6) is 0 Å². The number of ketones is 1. The summed E-state index contributed by atoms with van der Waals surface area (Å²) < 4.78 is 11.5. The lowest BCUT2D eigenvalue weighted by atomic mass is 9.98. The average Bonchev–Trinajstić information content (AvgIpc) is 3.95. The number of carbonyl (C=O) groups excluding carboxylic acids is 7. The van der Waals surface area contributed by atoms with Crippen molar-refractivity contribution in [3.8, 4) is 11.1 Å². The van der Waals surface area contributed by atoms with E-state index in [0.29, 0.717) is 12.0 Å². The van der Waals surface area contributed by atoms with Gasteiger partial charge in [0.15, 0.2) is 5.78 Å². The van der Waals surface area contributed by atoms with Crippen molar-refractivity contribution in [3.05, 3.63) is 167 Å². The van der Waals surface area contributed by atoms with E-state index in [-0.39, 0.29) is 43.4 Å². The molecule has 380 valence electrons.